The second-order valence-electron chi connectivity index (χ2n) is 8.36. The minimum absolute atomic E-state index is 0.0490. The minimum atomic E-state index is -0.451. The van der Waals surface area contributed by atoms with Crippen LogP contribution in [0.25, 0.3) is 0 Å². The molecule has 0 saturated carbocycles. The molecule has 3 aromatic carbocycles. The summed E-state index contributed by atoms with van der Waals surface area (Å²) in [5.41, 5.74) is 3.52. The maximum Gasteiger partial charge on any atom is 0.330 e. The van der Waals surface area contributed by atoms with Gasteiger partial charge >= 0.3 is 6.03 Å². The number of aryl methyl sites for hydroxylation is 1. The SMILES string of the molecule is CCC[C@]1(C)C(c2cccc(C)c2)N(c2ccc(Cl)cc2)C(=O)N1c1ccc(Cl)cc1. The summed E-state index contributed by atoms with van der Waals surface area (Å²) >= 11 is 12.3. The van der Waals surface area contributed by atoms with Gasteiger partial charge in [-0.2, -0.15) is 0 Å². The van der Waals surface area contributed by atoms with Gasteiger partial charge in [0, 0.05) is 21.4 Å². The molecular weight excluding hydrogens is 427 g/mol. The first-order valence-corrected chi connectivity index (χ1v) is 11.3. The fourth-order valence-electron chi connectivity index (χ4n) is 4.80. The number of nitrogens with zero attached hydrogens (tertiary/aromatic N) is 2. The Morgan fingerprint density at radius 3 is 2.03 bits per heavy atom. The highest BCUT2D eigenvalue weighted by atomic mass is 35.5. The number of urea groups is 1. The summed E-state index contributed by atoms with van der Waals surface area (Å²) in [6.07, 6.45) is 1.80. The molecule has 2 atom stereocenters. The van der Waals surface area contributed by atoms with Gasteiger partial charge < -0.3 is 0 Å². The first kappa shape index (κ1) is 21.7. The largest absolute Gasteiger partial charge is 0.330 e. The van der Waals surface area contributed by atoms with Crippen LogP contribution in [0.1, 0.15) is 43.9 Å². The van der Waals surface area contributed by atoms with E-state index in [9.17, 15) is 4.79 Å². The van der Waals surface area contributed by atoms with Crippen LogP contribution in [-0.2, 0) is 0 Å². The molecule has 3 nitrogen and oxygen atoms in total. The Hall–Kier alpha value is -2.49. The summed E-state index contributed by atoms with van der Waals surface area (Å²) in [5, 5.41) is 1.30. The standard InChI is InChI=1S/C26H26Cl2N2O/c1-4-16-26(3)24(19-7-5-6-18(2)17-19)29(22-12-8-20(27)9-13-22)25(31)30(26)23-14-10-21(28)11-15-23/h5-15,17,24H,4,16H2,1-3H3/t24?,26-/m1/s1. The Morgan fingerprint density at radius 2 is 1.48 bits per heavy atom. The quantitative estimate of drug-likeness (QED) is 0.383. The summed E-state index contributed by atoms with van der Waals surface area (Å²) in [6.45, 7) is 6.43. The number of carbonyl (C=O) groups is 1. The second-order valence-corrected chi connectivity index (χ2v) is 9.24. The van der Waals surface area contributed by atoms with E-state index in [0.29, 0.717) is 10.0 Å². The number of benzene rings is 3. The van der Waals surface area contributed by atoms with Gasteiger partial charge in [0.05, 0.1) is 11.6 Å². The van der Waals surface area contributed by atoms with Gasteiger partial charge in [0.1, 0.15) is 0 Å². The lowest BCUT2D eigenvalue weighted by atomic mass is 9.82. The molecule has 2 amide bonds. The van der Waals surface area contributed by atoms with Crippen molar-refractivity contribution in [2.45, 2.75) is 45.2 Å². The van der Waals surface area contributed by atoms with Gasteiger partial charge in [-0.3, -0.25) is 9.80 Å². The molecular formula is C26H26Cl2N2O. The average molecular weight is 453 g/mol. The van der Waals surface area contributed by atoms with E-state index in [1.165, 1.54) is 5.56 Å². The third-order valence-corrected chi connectivity index (χ3v) is 6.56. The van der Waals surface area contributed by atoms with Crippen LogP contribution in [0, 0.1) is 6.92 Å². The Morgan fingerprint density at radius 1 is 0.903 bits per heavy atom. The number of anilines is 2. The molecule has 0 radical (unpaired) electrons. The van der Waals surface area contributed by atoms with Crippen molar-refractivity contribution in [3.63, 3.8) is 0 Å². The Bertz CT molecular complexity index is 1080. The van der Waals surface area contributed by atoms with E-state index in [4.69, 9.17) is 23.2 Å². The second kappa shape index (κ2) is 8.57. The molecule has 3 aromatic rings. The first-order valence-electron chi connectivity index (χ1n) is 10.6. The molecule has 1 aliphatic rings. The molecule has 0 aromatic heterocycles. The number of amides is 2. The molecule has 31 heavy (non-hydrogen) atoms. The third-order valence-electron chi connectivity index (χ3n) is 6.06. The highest BCUT2D eigenvalue weighted by molar-refractivity contribution is 6.31. The normalized spacial score (nSPS) is 21.1. The van der Waals surface area contributed by atoms with Crippen molar-refractivity contribution in [3.05, 3.63) is 94.0 Å². The first-order chi connectivity index (χ1) is 14.8. The molecule has 1 heterocycles. The number of hydrogen-bond acceptors (Lipinski definition) is 1. The predicted octanol–water partition coefficient (Wildman–Crippen LogP) is 8.05. The zero-order valence-corrected chi connectivity index (χ0v) is 19.5. The van der Waals surface area contributed by atoms with Gasteiger partial charge in [0.15, 0.2) is 0 Å². The monoisotopic (exact) mass is 452 g/mol. The van der Waals surface area contributed by atoms with Crippen LogP contribution in [0.15, 0.2) is 72.8 Å². The van der Waals surface area contributed by atoms with Gasteiger partial charge in [0.25, 0.3) is 0 Å². The number of halogens is 2. The maximum atomic E-state index is 14.0. The maximum absolute atomic E-state index is 14.0. The lowest BCUT2D eigenvalue weighted by molar-refractivity contribution is 0.253. The van der Waals surface area contributed by atoms with Gasteiger partial charge in [-0.05, 0) is 74.4 Å². The fourth-order valence-corrected chi connectivity index (χ4v) is 5.05. The molecule has 5 heteroatoms. The van der Waals surface area contributed by atoms with Crippen molar-refractivity contribution in [2.75, 3.05) is 9.80 Å². The number of rotatable bonds is 5. The average Bonchev–Trinajstić information content (AvgIpc) is 2.96. The van der Waals surface area contributed by atoms with E-state index >= 15 is 0 Å². The lowest BCUT2D eigenvalue weighted by Gasteiger charge is -2.39. The van der Waals surface area contributed by atoms with Crippen molar-refractivity contribution in [1.82, 2.24) is 0 Å². The smallest absolute Gasteiger partial charge is 0.286 e. The zero-order valence-electron chi connectivity index (χ0n) is 18.0. The molecule has 160 valence electrons. The molecule has 0 aliphatic carbocycles. The van der Waals surface area contributed by atoms with Crippen LogP contribution in [0.2, 0.25) is 10.0 Å². The van der Waals surface area contributed by atoms with E-state index in [0.717, 1.165) is 29.8 Å². The van der Waals surface area contributed by atoms with Crippen LogP contribution in [0.5, 0.6) is 0 Å². The third kappa shape index (κ3) is 3.93. The summed E-state index contributed by atoms with van der Waals surface area (Å²) < 4.78 is 0. The highest BCUT2D eigenvalue weighted by Gasteiger charge is 2.55. The van der Waals surface area contributed by atoms with Crippen molar-refractivity contribution in [2.24, 2.45) is 0 Å². The van der Waals surface area contributed by atoms with Crippen molar-refractivity contribution >= 4 is 40.6 Å². The van der Waals surface area contributed by atoms with Gasteiger partial charge in [-0.15, -0.1) is 0 Å². The van der Waals surface area contributed by atoms with E-state index < -0.39 is 5.54 Å². The van der Waals surface area contributed by atoms with E-state index in [1.807, 2.05) is 58.3 Å². The highest BCUT2D eigenvalue weighted by Crippen LogP contribution is 2.50. The lowest BCUT2D eigenvalue weighted by Crippen LogP contribution is -2.46. The zero-order chi connectivity index (χ0) is 22.2. The van der Waals surface area contributed by atoms with Gasteiger partial charge in [0.2, 0.25) is 0 Å². The molecule has 1 unspecified atom stereocenters. The Kier molecular flexibility index (Phi) is 6.00. The molecule has 0 N–H and O–H groups in total. The molecule has 1 aliphatic heterocycles. The number of hydrogen-bond donors (Lipinski definition) is 0. The fraction of sp³-hybridized carbons (Fsp3) is 0.269. The molecule has 1 saturated heterocycles. The van der Waals surface area contributed by atoms with Crippen molar-refractivity contribution in [1.29, 1.82) is 0 Å². The van der Waals surface area contributed by atoms with E-state index in [1.54, 1.807) is 0 Å². The van der Waals surface area contributed by atoms with Crippen LogP contribution in [0.4, 0.5) is 16.2 Å². The van der Waals surface area contributed by atoms with E-state index in [-0.39, 0.29) is 12.1 Å². The van der Waals surface area contributed by atoms with Gasteiger partial charge in [-0.1, -0.05) is 66.4 Å². The summed E-state index contributed by atoms with van der Waals surface area (Å²) in [4.78, 5) is 17.9. The van der Waals surface area contributed by atoms with Crippen LogP contribution in [-0.4, -0.2) is 11.6 Å². The van der Waals surface area contributed by atoms with E-state index in [2.05, 4.69) is 45.0 Å². The van der Waals surface area contributed by atoms with Crippen LogP contribution < -0.4 is 9.80 Å². The number of carbonyl (C=O) groups excluding carboxylic acids is 1. The van der Waals surface area contributed by atoms with Crippen LogP contribution in [0.3, 0.4) is 0 Å². The molecule has 4 rings (SSSR count). The molecule has 0 spiro atoms. The van der Waals surface area contributed by atoms with Crippen molar-refractivity contribution < 1.29 is 4.79 Å². The molecule has 0 bridgehead atoms. The Balaban J connectivity index is 1.94. The molecule has 1 fully saturated rings. The summed E-state index contributed by atoms with van der Waals surface area (Å²) in [7, 11) is 0. The van der Waals surface area contributed by atoms with Crippen LogP contribution >= 0.6 is 23.2 Å². The topological polar surface area (TPSA) is 23.6 Å². The summed E-state index contributed by atoms with van der Waals surface area (Å²) in [6, 6.07) is 23.3. The predicted molar refractivity (Wildman–Crippen MR) is 130 cm³/mol. The Labute approximate surface area is 194 Å². The minimum Gasteiger partial charge on any atom is -0.286 e. The summed E-state index contributed by atoms with van der Waals surface area (Å²) in [5.74, 6) is 0. The van der Waals surface area contributed by atoms with Gasteiger partial charge in [-0.25, -0.2) is 4.79 Å². The van der Waals surface area contributed by atoms with Crippen molar-refractivity contribution in [3.8, 4) is 0 Å².